The van der Waals surface area contributed by atoms with Gasteiger partial charge in [-0.05, 0) is 62.1 Å². The van der Waals surface area contributed by atoms with E-state index in [0.717, 1.165) is 19.3 Å². The van der Waals surface area contributed by atoms with Crippen molar-refractivity contribution in [1.29, 1.82) is 0 Å². The van der Waals surface area contributed by atoms with E-state index in [1.165, 1.54) is 11.1 Å². The van der Waals surface area contributed by atoms with E-state index in [4.69, 9.17) is 0 Å². The van der Waals surface area contributed by atoms with Gasteiger partial charge in [-0.3, -0.25) is 14.4 Å². The number of carbonyl (C=O) groups excluding carboxylic acids is 3. The van der Waals surface area contributed by atoms with Crippen LogP contribution < -0.4 is 16.0 Å². The Labute approximate surface area is 198 Å². The van der Waals surface area contributed by atoms with Crippen molar-refractivity contribution in [2.24, 2.45) is 11.3 Å². The summed E-state index contributed by atoms with van der Waals surface area (Å²) >= 11 is 0. The van der Waals surface area contributed by atoms with Crippen molar-refractivity contribution in [3.05, 3.63) is 35.4 Å². The van der Waals surface area contributed by atoms with Crippen LogP contribution in [-0.4, -0.2) is 54.3 Å². The van der Waals surface area contributed by atoms with Gasteiger partial charge in [-0.15, -0.1) is 0 Å². The van der Waals surface area contributed by atoms with Crippen molar-refractivity contribution in [1.82, 2.24) is 20.9 Å². The van der Waals surface area contributed by atoms with Crippen LogP contribution in [-0.2, 0) is 20.8 Å². The minimum absolute atomic E-state index is 0.0232. The SMILES string of the molecule is CN[C@@H](C)C(=O)N[C@H](C(=O)N1C[C@@H](C)C[C@H]1C(=O)N[C@@H]1CCCc2ccccc21)C(C)(C)C. The molecule has 1 saturated heterocycles. The molecule has 1 aromatic carbocycles. The van der Waals surface area contributed by atoms with Crippen LogP contribution in [0, 0.1) is 11.3 Å². The van der Waals surface area contributed by atoms with Crippen molar-refractivity contribution < 1.29 is 14.4 Å². The van der Waals surface area contributed by atoms with E-state index in [9.17, 15) is 14.4 Å². The lowest BCUT2D eigenvalue weighted by Gasteiger charge is -2.36. The highest BCUT2D eigenvalue weighted by Gasteiger charge is 2.44. The van der Waals surface area contributed by atoms with Crippen LogP contribution in [0.15, 0.2) is 24.3 Å². The van der Waals surface area contributed by atoms with E-state index >= 15 is 0 Å². The van der Waals surface area contributed by atoms with Gasteiger partial charge in [0.15, 0.2) is 0 Å². The molecule has 0 unspecified atom stereocenters. The molecule has 1 aliphatic carbocycles. The maximum absolute atomic E-state index is 13.7. The summed E-state index contributed by atoms with van der Waals surface area (Å²) in [4.78, 5) is 41.4. The number of aryl methyl sites for hydroxylation is 1. The molecule has 2 aliphatic rings. The van der Waals surface area contributed by atoms with Crippen molar-refractivity contribution in [2.75, 3.05) is 13.6 Å². The summed E-state index contributed by atoms with van der Waals surface area (Å²) in [5.41, 5.74) is 1.98. The molecule has 3 N–H and O–H groups in total. The monoisotopic (exact) mass is 456 g/mol. The van der Waals surface area contributed by atoms with Crippen LogP contribution in [0.2, 0.25) is 0 Å². The van der Waals surface area contributed by atoms with Crippen molar-refractivity contribution >= 4 is 17.7 Å². The molecule has 7 heteroatoms. The predicted octanol–water partition coefficient (Wildman–Crippen LogP) is 2.56. The summed E-state index contributed by atoms with van der Waals surface area (Å²) in [5, 5.41) is 9.08. The van der Waals surface area contributed by atoms with E-state index in [0.29, 0.717) is 13.0 Å². The standard InChI is InChI=1S/C26H40N4O3/c1-16-14-21(24(32)28-20-13-9-11-18-10-7-8-12-19(18)20)30(15-16)25(33)22(26(3,4)5)29-23(31)17(2)27-6/h7-8,10,12,16-17,20-22,27H,9,11,13-15H2,1-6H3,(H,28,32)(H,29,31)/t16-,17-,20+,21-,22+/m0/s1. The Morgan fingerprint density at radius 3 is 2.52 bits per heavy atom. The molecule has 0 saturated carbocycles. The zero-order valence-electron chi connectivity index (χ0n) is 20.9. The zero-order chi connectivity index (χ0) is 24.3. The number of nitrogens with zero attached hydrogens (tertiary/aromatic N) is 1. The molecule has 182 valence electrons. The van der Waals surface area contributed by atoms with E-state index in [1.54, 1.807) is 18.9 Å². The van der Waals surface area contributed by atoms with E-state index in [-0.39, 0.29) is 29.7 Å². The third kappa shape index (κ3) is 5.75. The van der Waals surface area contributed by atoms with Gasteiger partial charge in [0.05, 0.1) is 12.1 Å². The lowest BCUT2D eigenvalue weighted by Crippen LogP contribution is -2.59. The number of hydrogen-bond acceptors (Lipinski definition) is 4. The second-order valence-corrected chi connectivity index (χ2v) is 10.8. The smallest absolute Gasteiger partial charge is 0.246 e. The normalized spacial score (nSPS) is 24.5. The molecule has 3 amide bonds. The van der Waals surface area contributed by atoms with Gasteiger partial charge in [-0.25, -0.2) is 0 Å². The highest BCUT2D eigenvalue weighted by atomic mass is 16.2. The minimum Gasteiger partial charge on any atom is -0.347 e. The number of carbonyl (C=O) groups is 3. The van der Waals surface area contributed by atoms with Crippen LogP contribution in [0.1, 0.15) is 71.0 Å². The second-order valence-electron chi connectivity index (χ2n) is 10.8. The minimum atomic E-state index is -0.711. The lowest BCUT2D eigenvalue weighted by atomic mass is 9.85. The first-order valence-corrected chi connectivity index (χ1v) is 12.2. The molecule has 1 aliphatic heterocycles. The van der Waals surface area contributed by atoms with Gasteiger partial charge in [0, 0.05) is 6.54 Å². The Bertz CT molecular complexity index is 879. The molecule has 3 rings (SSSR count). The molecular weight excluding hydrogens is 416 g/mol. The molecule has 0 spiro atoms. The van der Waals surface area contributed by atoms with Crippen LogP contribution in [0.5, 0.6) is 0 Å². The number of likely N-dealkylation sites (tertiary alicyclic amines) is 1. The summed E-state index contributed by atoms with van der Waals surface area (Å²) < 4.78 is 0. The van der Waals surface area contributed by atoms with Crippen LogP contribution >= 0.6 is 0 Å². The van der Waals surface area contributed by atoms with Gasteiger partial charge < -0.3 is 20.9 Å². The third-order valence-corrected chi connectivity index (χ3v) is 7.01. The molecule has 5 atom stereocenters. The summed E-state index contributed by atoms with van der Waals surface area (Å²) in [6.45, 7) is 10.2. The van der Waals surface area contributed by atoms with Gasteiger partial charge in [-0.2, -0.15) is 0 Å². The summed E-state index contributed by atoms with van der Waals surface area (Å²) in [7, 11) is 1.71. The van der Waals surface area contributed by atoms with Gasteiger partial charge in [0.1, 0.15) is 12.1 Å². The summed E-state index contributed by atoms with van der Waals surface area (Å²) in [6.07, 6.45) is 3.60. The van der Waals surface area contributed by atoms with E-state index in [2.05, 4.69) is 35.0 Å². The first-order valence-electron chi connectivity index (χ1n) is 12.2. The molecule has 33 heavy (non-hydrogen) atoms. The van der Waals surface area contributed by atoms with Gasteiger partial charge in [0.25, 0.3) is 0 Å². The first kappa shape index (κ1) is 25.2. The van der Waals surface area contributed by atoms with Crippen LogP contribution in [0.3, 0.4) is 0 Å². The fourth-order valence-corrected chi connectivity index (χ4v) is 4.92. The van der Waals surface area contributed by atoms with Gasteiger partial charge >= 0.3 is 0 Å². The number of hydrogen-bond donors (Lipinski definition) is 3. The highest BCUT2D eigenvalue weighted by molar-refractivity contribution is 5.94. The largest absolute Gasteiger partial charge is 0.347 e. The Kier molecular flexibility index (Phi) is 7.83. The predicted molar refractivity (Wildman–Crippen MR) is 129 cm³/mol. The molecule has 1 aromatic rings. The fraction of sp³-hybridized carbons (Fsp3) is 0.654. The Morgan fingerprint density at radius 1 is 1.15 bits per heavy atom. The number of nitrogens with one attached hydrogen (secondary N) is 3. The lowest BCUT2D eigenvalue weighted by molar-refractivity contribution is -0.144. The second kappa shape index (κ2) is 10.2. The average Bonchev–Trinajstić information content (AvgIpc) is 3.17. The number of likely N-dealkylation sites (N-methyl/N-ethyl adjacent to an activating group) is 1. The summed E-state index contributed by atoms with van der Waals surface area (Å²) in [5.74, 6) is -0.293. The summed E-state index contributed by atoms with van der Waals surface area (Å²) in [6, 6.07) is 6.60. The Hall–Kier alpha value is -2.41. The Morgan fingerprint density at radius 2 is 1.85 bits per heavy atom. The molecule has 0 radical (unpaired) electrons. The van der Waals surface area contributed by atoms with Crippen molar-refractivity contribution in [2.45, 2.75) is 84.5 Å². The quantitative estimate of drug-likeness (QED) is 0.614. The van der Waals surface area contributed by atoms with Crippen molar-refractivity contribution in [3.63, 3.8) is 0 Å². The fourth-order valence-electron chi connectivity index (χ4n) is 4.92. The molecule has 7 nitrogen and oxygen atoms in total. The van der Waals surface area contributed by atoms with Gasteiger partial charge in [0.2, 0.25) is 17.7 Å². The third-order valence-electron chi connectivity index (χ3n) is 7.01. The molecule has 0 bridgehead atoms. The van der Waals surface area contributed by atoms with Crippen molar-refractivity contribution in [3.8, 4) is 0 Å². The highest BCUT2D eigenvalue weighted by Crippen LogP contribution is 2.32. The number of rotatable bonds is 6. The number of benzene rings is 1. The number of fused-ring (bicyclic) bond motifs is 1. The van der Waals surface area contributed by atoms with E-state index in [1.807, 2.05) is 32.9 Å². The van der Waals surface area contributed by atoms with Crippen LogP contribution in [0.25, 0.3) is 0 Å². The van der Waals surface area contributed by atoms with Gasteiger partial charge in [-0.1, -0.05) is 52.0 Å². The topological polar surface area (TPSA) is 90.5 Å². The van der Waals surface area contributed by atoms with Crippen LogP contribution in [0.4, 0.5) is 0 Å². The van der Waals surface area contributed by atoms with E-state index < -0.39 is 23.5 Å². The Balaban J connectivity index is 1.78. The molecular formula is C26H40N4O3. The average molecular weight is 457 g/mol. The first-order chi connectivity index (χ1) is 15.5. The maximum Gasteiger partial charge on any atom is 0.246 e. The molecule has 0 aromatic heterocycles. The molecule has 1 heterocycles. The number of amides is 3. The maximum atomic E-state index is 13.7. The zero-order valence-corrected chi connectivity index (χ0v) is 20.9. The molecule has 1 fully saturated rings.